The number of primary amides is 1. The number of hydrogen-bond acceptors (Lipinski definition) is 6. The van der Waals surface area contributed by atoms with E-state index in [0.717, 1.165) is 49.6 Å². The van der Waals surface area contributed by atoms with Crippen LogP contribution in [0.1, 0.15) is 114 Å². The molecule has 47 heavy (non-hydrogen) atoms. The second-order valence-corrected chi connectivity index (χ2v) is 13.3. The molecule has 0 spiro atoms. The van der Waals surface area contributed by atoms with Crippen molar-refractivity contribution in [3.05, 3.63) is 34.2 Å². The Bertz CT molecular complexity index is 1460. The molecule has 1 atom stereocenters. The molecule has 1 unspecified atom stereocenters. The Hall–Kier alpha value is -3.96. The number of rotatable bonds is 12. The lowest BCUT2D eigenvalue weighted by Crippen LogP contribution is -2.44. The van der Waals surface area contributed by atoms with Crippen molar-refractivity contribution in [1.29, 1.82) is 0 Å². The van der Waals surface area contributed by atoms with Gasteiger partial charge in [-0.15, -0.1) is 0 Å². The molecule has 12 nitrogen and oxygen atoms in total. The normalized spacial score (nSPS) is 18.7. The number of unbranched alkanes of at least 4 members (excludes halogenated alkanes) is 1. The van der Waals surface area contributed by atoms with Crippen molar-refractivity contribution >= 4 is 40.6 Å². The third-order valence-electron chi connectivity index (χ3n) is 9.75. The number of piperidine rings is 2. The molecule has 4 N–H and O–H groups in total. The highest BCUT2D eigenvalue weighted by Crippen LogP contribution is 2.27. The van der Waals surface area contributed by atoms with Gasteiger partial charge in [-0.25, -0.2) is 4.79 Å². The van der Waals surface area contributed by atoms with Gasteiger partial charge in [0.1, 0.15) is 6.04 Å². The Kier molecular flexibility index (Phi) is 13.6. The van der Waals surface area contributed by atoms with Crippen molar-refractivity contribution in [2.45, 2.75) is 115 Å². The minimum absolute atomic E-state index is 0.0284. The molecule has 3 heterocycles. The minimum Gasteiger partial charge on any atom is -0.370 e. The van der Waals surface area contributed by atoms with E-state index in [-0.39, 0.29) is 49.2 Å². The van der Waals surface area contributed by atoms with E-state index >= 15 is 0 Å². The maximum atomic E-state index is 13.1. The molecular weight excluding hydrogens is 600 g/mol. The Morgan fingerprint density at radius 2 is 1.60 bits per heavy atom. The first kappa shape index (κ1) is 35.9. The number of imide groups is 1. The summed E-state index contributed by atoms with van der Waals surface area (Å²) in [5.74, 6) is -0.988. The van der Waals surface area contributed by atoms with Crippen LogP contribution >= 0.6 is 0 Å². The fourth-order valence-electron chi connectivity index (χ4n) is 7.03. The van der Waals surface area contributed by atoms with Crippen LogP contribution in [0.15, 0.2) is 23.0 Å². The van der Waals surface area contributed by atoms with E-state index in [0.29, 0.717) is 37.4 Å². The van der Waals surface area contributed by atoms with Crippen molar-refractivity contribution < 1.29 is 24.0 Å². The van der Waals surface area contributed by atoms with Gasteiger partial charge in [-0.05, 0) is 56.1 Å². The predicted octanol–water partition coefficient (Wildman–Crippen LogP) is 3.38. The molecule has 1 saturated carbocycles. The molecule has 2 saturated heterocycles. The van der Waals surface area contributed by atoms with Crippen molar-refractivity contribution in [3.63, 3.8) is 0 Å². The Balaban J connectivity index is 0.000000748. The Morgan fingerprint density at radius 1 is 0.915 bits per heavy atom. The molecule has 0 bridgehead atoms. The van der Waals surface area contributed by atoms with E-state index in [2.05, 4.69) is 10.6 Å². The van der Waals surface area contributed by atoms with Crippen molar-refractivity contribution in [1.82, 2.24) is 24.7 Å². The number of aryl methyl sites for hydroxylation is 2. The number of aromatic nitrogens is 2. The van der Waals surface area contributed by atoms with E-state index in [4.69, 9.17) is 5.73 Å². The summed E-state index contributed by atoms with van der Waals surface area (Å²) in [6.07, 6.45) is 15.9. The average molecular weight is 653 g/mol. The Morgan fingerprint density at radius 3 is 2.23 bits per heavy atom. The van der Waals surface area contributed by atoms with Gasteiger partial charge in [0, 0.05) is 39.4 Å². The van der Waals surface area contributed by atoms with E-state index in [9.17, 15) is 28.8 Å². The molecule has 12 heteroatoms. The number of nitrogens with one attached hydrogen (secondary N) is 2. The zero-order valence-corrected chi connectivity index (χ0v) is 27.9. The van der Waals surface area contributed by atoms with Crippen LogP contribution in [0, 0.1) is 5.92 Å². The van der Waals surface area contributed by atoms with Crippen LogP contribution in [-0.2, 0) is 37.4 Å². The summed E-state index contributed by atoms with van der Waals surface area (Å²) in [5, 5.41) is 4.98. The quantitative estimate of drug-likeness (QED) is 0.235. The van der Waals surface area contributed by atoms with Crippen LogP contribution in [0.3, 0.4) is 0 Å². The number of imidazole rings is 1. The Labute approximate surface area is 276 Å². The fourth-order valence-corrected chi connectivity index (χ4v) is 7.03. The van der Waals surface area contributed by atoms with Crippen LogP contribution in [0.2, 0.25) is 0 Å². The lowest BCUT2D eigenvalue weighted by Gasteiger charge is -2.32. The standard InChI is InChI=1S/C29H40N6O6.C6H12/c1-33-27-20(8-4-9-21(27)35(29(33)41)22-12-13-25(38)32-28(22)40)7-3-2-6-19-14-16-34(17-15-19)26(39)18-31-24(37)11-5-10-23(30)36;1-2-4-6-5-3-1/h4,8-9,19,22H,2-3,5-7,10-18H2,1H3,(H2,30,36)(H,31,37)(H,32,38,40);1-6H2. The lowest BCUT2D eigenvalue weighted by atomic mass is 9.90. The maximum Gasteiger partial charge on any atom is 0.329 e. The highest BCUT2D eigenvalue weighted by Gasteiger charge is 2.31. The molecule has 1 aromatic carbocycles. The zero-order chi connectivity index (χ0) is 33.8. The molecule has 3 fully saturated rings. The lowest BCUT2D eigenvalue weighted by molar-refractivity contribution is -0.136. The monoisotopic (exact) mass is 652 g/mol. The number of amides is 5. The molecule has 258 valence electrons. The molecular formula is C35H52N6O6. The van der Waals surface area contributed by atoms with Crippen LogP contribution in [0.4, 0.5) is 0 Å². The predicted molar refractivity (Wildman–Crippen MR) is 179 cm³/mol. The molecule has 3 aliphatic rings. The van der Waals surface area contributed by atoms with Gasteiger partial charge in [0.25, 0.3) is 0 Å². The van der Waals surface area contributed by atoms with Crippen LogP contribution in [0.25, 0.3) is 11.0 Å². The van der Waals surface area contributed by atoms with Gasteiger partial charge in [-0.2, -0.15) is 0 Å². The van der Waals surface area contributed by atoms with Gasteiger partial charge in [0.05, 0.1) is 17.6 Å². The molecule has 1 aliphatic carbocycles. The van der Waals surface area contributed by atoms with Gasteiger partial charge in [0.15, 0.2) is 0 Å². The van der Waals surface area contributed by atoms with E-state index < -0.39 is 17.9 Å². The smallest absolute Gasteiger partial charge is 0.329 e. The maximum absolute atomic E-state index is 13.1. The number of likely N-dealkylation sites (tertiary alicyclic amines) is 1. The number of nitrogens with zero attached hydrogens (tertiary/aromatic N) is 3. The number of carbonyl (C=O) groups excluding carboxylic acids is 5. The van der Waals surface area contributed by atoms with E-state index in [1.807, 2.05) is 18.2 Å². The van der Waals surface area contributed by atoms with Gasteiger partial charge in [0.2, 0.25) is 29.5 Å². The fraction of sp³-hybridized carbons (Fsp3) is 0.657. The van der Waals surface area contributed by atoms with Gasteiger partial charge in [-0.3, -0.25) is 38.4 Å². The largest absolute Gasteiger partial charge is 0.370 e. The molecule has 1 aromatic heterocycles. The van der Waals surface area contributed by atoms with Gasteiger partial charge >= 0.3 is 5.69 Å². The summed E-state index contributed by atoms with van der Waals surface area (Å²) < 4.78 is 3.12. The average Bonchev–Trinajstić information content (AvgIpc) is 3.32. The number of benzene rings is 1. The minimum atomic E-state index is -0.693. The van der Waals surface area contributed by atoms with Crippen LogP contribution < -0.4 is 22.1 Å². The summed E-state index contributed by atoms with van der Waals surface area (Å²) in [6, 6.07) is 5.10. The second kappa shape index (κ2) is 17.8. The first-order chi connectivity index (χ1) is 22.7. The number of fused-ring (bicyclic) bond motifs is 1. The first-order valence-electron chi connectivity index (χ1n) is 17.5. The van der Waals surface area contributed by atoms with Crippen molar-refractivity contribution in [2.75, 3.05) is 19.6 Å². The van der Waals surface area contributed by atoms with E-state index in [1.54, 1.807) is 16.5 Å². The third kappa shape index (κ3) is 10.3. The SMILES string of the molecule is C1CCCCC1.Cn1c(=O)n(C2CCC(=O)NC2=O)c2cccc(CCCCC3CCN(C(=O)CNC(=O)CCCC(N)=O)CC3)c21. The highest BCUT2D eigenvalue weighted by molar-refractivity contribution is 6.00. The number of carbonyl (C=O) groups is 5. The molecule has 5 amide bonds. The van der Waals surface area contributed by atoms with Crippen LogP contribution in [-0.4, -0.2) is 63.2 Å². The second-order valence-electron chi connectivity index (χ2n) is 13.3. The summed E-state index contributed by atoms with van der Waals surface area (Å²) in [7, 11) is 1.72. The topological polar surface area (TPSA) is 166 Å². The summed E-state index contributed by atoms with van der Waals surface area (Å²) in [6.45, 7) is 1.33. The molecule has 0 radical (unpaired) electrons. The number of para-hydroxylation sites is 1. The third-order valence-corrected chi connectivity index (χ3v) is 9.75. The first-order valence-corrected chi connectivity index (χ1v) is 17.5. The van der Waals surface area contributed by atoms with Gasteiger partial charge in [-0.1, -0.05) is 63.5 Å². The van der Waals surface area contributed by atoms with Crippen LogP contribution in [0.5, 0.6) is 0 Å². The van der Waals surface area contributed by atoms with Crippen molar-refractivity contribution in [2.24, 2.45) is 18.7 Å². The summed E-state index contributed by atoms with van der Waals surface area (Å²) in [4.78, 5) is 74.1. The molecule has 5 rings (SSSR count). The zero-order valence-electron chi connectivity index (χ0n) is 27.9. The number of hydrogen-bond donors (Lipinski definition) is 3. The summed E-state index contributed by atoms with van der Waals surface area (Å²) >= 11 is 0. The number of nitrogens with two attached hydrogens (primary N) is 1. The van der Waals surface area contributed by atoms with E-state index in [1.165, 1.54) is 43.1 Å². The van der Waals surface area contributed by atoms with Gasteiger partial charge < -0.3 is 16.0 Å². The van der Waals surface area contributed by atoms with Crippen molar-refractivity contribution in [3.8, 4) is 0 Å². The summed E-state index contributed by atoms with van der Waals surface area (Å²) in [5.41, 5.74) is 7.41. The molecule has 2 aromatic rings. The molecule has 2 aliphatic heterocycles. The highest BCUT2D eigenvalue weighted by atomic mass is 16.2.